The van der Waals surface area contributed by atoms with E-state index in [4.69, 9.17) is 16.7 Å². The first-order chi connectivity index (χ1) is 9.04. The summed E-state index contributed by atoms with van der Waals surface area (Å²) < 4.78 is 26.1. The van der Waals surface area contributed by atoms with E-state index in [0.29, 0.717) is 32.7 Å². The molecule has 0 saturated carbocycles. The predicted octanol–water partition coefficient (Wildman–Crippen LogP) is 0.0336. The zero-order chi connectivity index (χ0) is 13.9. The van der Waals surface area contributed by atoms with E-state index < -0.39 is 10.0 Å². The molecule has 2 rings (SSSR count). The van der Waals surface area contributed by atoms with Gasteiger partial charge in [0.25, 0.3) is 0 Å². The van der Waals surface area contributed by atoms with E-state index >= 15 is 0 Å². The first-order valence-electron chi connectivity index (χ1n) is 5.99. The van der Waals surface area contributed by atoms with Gasteiger partial charge in [0.1, 0.15) is 10.0 Å². The molecule has 1 N–H and O–H groups in total. The Balaban J connectivity index is 2.07. The fourth-order valence-electron chi connectivity index (χ4n) is 2.00. The topological polar surface area (TPSA) is 73.7 Å². The Labute approximate surface area is 117 Å². The highest BCUT2D eigenvalue weighted by Crippen LogP contribution is 2.18. The van der Waals surface area contributed by atoms with E-state index in [2.05, 4.69) is 4.98 Å². The van der Waals surface area contributed by atoms with Crippen molar-refractivity contribution in [3.8, 4) is 0 Å². The molecule has 0 bridgehead atoms. The minimum atomic E-state index is -3.49. The molecule has 106 valence electrons. The summed E-state index contributed by atoms with van der Waals surface area (Å²) in [6.07, 6.45) is 1.28. The first kappa shape index (κ1) is 14.7. The zero-order valence-corrected chi connectivity index (χ0v) is 11.9. The number of halogens is 1. The van der Waals surface area contributed by atoms with Crippen LogP contribution in [0.1, 0.15) is 0 Å². The summed E-state index contributed by atoms with van der Waals surface area (Å²) in [6, 6.07) is 2.93. The summed E-state index contributed by atoms with van der Waals surface area (Å²) in [6.45, 7) is 2.77. The molecule has 6 nitrogen and oxygen atoms in total. The standard InChI is InChI=1S/C11H16ClN3O3S/c12-11-2-1-10(9-13-11)19(17,18)15-5-3-14(4-6-15)7-8-16/h1-2,9,16H,3-8H2. The number of hydrogen-bond acceptors (Lipinski definition) is 5. The van der Waals surface area contributed by atoms with Crippen LogP contribution >= 0.6 is 11.6 Å². The lowest BCUT2D eigenvalue weighted by Crippen LogP contribution is -2.49. The summed E-state index contributed by atoms with van der Waals surface area (Å²) in [4.78, 5) is 5.99. The van der Waals surface area contributed by atoms with E-state index in [1.54, 1.807) is 0 Å². The maximum Gasteiger partial charge on any atom is 0.244 e. The third-order valence-electron chi connectivity index (χ3n) is 3.09. The van der Waals surface area contributed by atoms with E-state index in [0.717, 1.165) is 0 Å². The molecule has 1 aliphatic heterocycles. The number of aromatic nitrogens is 1. The highest BCUT2D eigenvalue weighted by atomic mass is 35.5. The van der Waals surface area contributed by atoms with Crippen molar-refractivity contribution in [2.24, 2.45) is 0 Å². The van der Waals surface area contributed by atoms with Gasteiger partial charge in [-0.15, -0.1) is 0 Å². The van der Waals surface area contributed by atoms with Crippen LogP contribution in [0.5, 0.6) is 0 Å². The molecular formula is C11H16ClN3O3S. The van der Waals surface area contributed by atoms with Gasteiger partial charge < -0.3 is 5.11 Å². The number of sulfonamides is 1. The van der Waals surface area contributed by atoms with Crippen molar-refractivity contribution >= 4 is 21.6 Å². The Morgan fingerprint density at radius 3 is 2.47 bits per heavy atom. The Morgan fingerprint density at radius 2 is 1.95 bits per heavy atom. The first-order valence-corrected chi connectivity index (χ1v) is 7.81. The van der Waals surface area contributed by atoms with Crippen molar-refractivity contribution in [3.05, 3.63) is 23.5 Å². The monoisotopic (exact) mass is 305 g/mol. The van der Waals surface area contributed by atoms with Gasteiger partial charge in [-0.3, -0.25) is 4.90 Å². The summed E-state index contributed by atoms with van der Waals surface area (Å²) >= 11 is 5.65. The van der Waals surface area contributed by atoms with Crippen LogP contribution in [0.4, 0.5) is 0 Å². The molecule has 0 unspecified atom stereocenters. The number of aliphatic hydroxyl groups is 1. The second kappa shape index (κ2) is 6.15. The number of rotatable bonds is 4. The van der Waals surface area contributed by atoms with Crippen molar-refractivity contribution in [1.82, 2.24) is 14.2 Å². The summed E-state index contributed by atoms with van der Waals surface area (Å²) in [5.74, 6) is 0. The molecule has 1 saturated heterocycles. The highest BCUT2D eigenvalue weighted by molar-refractivity contribution is 7.89. The van der Waals surface area contributed by atoms with E-state index in [1.807, 2.05) is 4.90 Å². The fourth-order valence-corrected chi connectivity index (χ4v) is 3.48. The van der Waals surface area contributed by atoms with Crippen LogP contribution in [0.25, 0.3) is 0 Å². The normalized spacial score (nSPS) is 18.6. The highest BCUT2D eigenvalue weighted by Gasteiger charge is 2.28. The van der Waals surface area contributed by atoms with Crippen molar-refractivity contribution in [2.45, 2.75) is 4.90 Å². The van der Waals surface area contributed by atoms with Gasteiger partial charge in [0, 0.05) is 38.9 Å². The van der Waals surface area contributed by atoms with Crippen LogP contribution in [0.2, 0.25) is 5.15 Å². The molecule has 0 spiro atoms. The molecule has 0 radical (unpaired) electrons. The van der Waals surface area contributed by atoms with Gasteiger partial charge in [0.2, 0.25) is 10.0 Å². The number of pyridine rings is 1. The summed E-state index contributed by atoms with van der Waals surface area (Å²) in [7, 11) is -3.49. The molecule has 0 atom stereocenters. The molecular weight excluding hydrogens is 290 g/mol. The van der Waals surface area contributed by atoms with Crippen LogP contribution in [-0.4, -0.2) is 67.0 Å². The Bertz CT molecular complexity index is 512. The lowest BCUT2D eigenvalue weighted by atomic mass is 10.4. The minimum absolute atomic E-state index is 0.0911. The van der Waals surface area contributed by atoms with Gasteiger partial charge >= 0.3 is 0 Å². The molecule has 0 amide bonds. The van der Waals surface area contributed by atoms with Gasteiger partial charge in [-0.05, 0) is 12.1 Å². The molecule has 2 heterocycles. The smallest absolute Gasteiger partial charge is 0.244 e. The number of aliphatic hydroxyl groups excluding tert-OH is 1. The number of piperazine rings is 1. The van der Waals surface area contributed by atoms with Crippen LogP contribution < -0.4 is 0 Å². The van der Waals surface area contributed by atoms with Gasteiger partial charge in [-0.1, -0.05) is 11.6 Å². The maximum atomic E-state index is 12.3. The molecule has 0 aromatic carbocycles. The van der Waals surface area contributed by atoms with Gasteiger partial charge in [0.15, 0.2) is 0 Å². The summed E-state index contributed by atoms with van der Waals surface area (Å²) in [5.41, 5.74) is 0. The van der Waals surface area contributed by atoms with Crippen molar-refractivity contribution < 1.29 is 13.5 Å². The maximum absolute atomic E-state index is 12.3. The molecule has 19 heavy (non-hydrogen) atoms. The molecule has 8 heteroatoms. The minimum Gasteiger partial charge on any atom is -0.395 e. The Morgan fingerprint density at radius 1 is 1.26 bits per heavy atom. The van der Waals surface area contributed by atoms with Crippen LogP contribution in [0, 0.1) is 0 Å². The fraction of sp³-hybridized carbons (Fsp3) is 0.545. The van der Waals surface area contributed by atoms with Crippen LogP contribution in [0.15, 0.2) is 23.2 Å². The molecule has 1 fully saturated rings. The SMILES string of the molecule is O=S(=O)(c1ccc(Cl)nc1)N1CCN(CCO)CC1. The lowest BCUT2D eigenvalue weighted by molar-refractivity contribution is 0.151. The quantitative estimate of drug-likeness (QED) is 0.795. The van der Waals surface area contributed by atoms with Gasteiger partial charge in [0.05, 0.1) is 6.61 Å². The predicted molar refractivity (Wildman–Crippen MR) is 71.5 cm³/mol. The van der Waals surface area contributed by atoms with Crippen LogP contribution in [0.3, 0.4) is 0 Å². The van der Waals surface area contributed by atoms with Crippen molar-refractivity contribution in [3.63, 3.8) is 0 Å². The second-order valence-corrected chi connectivity index (χ2v) is 6.61. The number of hydrogen-bond donors (Lipinski definition) is 1. The largest absolute Gasteiger partial charge is 0.395 e. The zero-order valence-electron chi connectivity index (χ0n) is 10.4. The number of β-amino-alcohol motifs (C(OH)–C–C–N with tert-alkyl or cyclic N) is 1. The number of nitrogens with zero attached hydrogens (tertiary/aromatic N) is 3. The second-order valence-electron chi connectivity index (χ2n) is 4.29. The average molecular weight is 306 g/mol. The molecule has 1 aliphatic rings. The van der Waals surface area contributed by atoms with Gasteiger partial charge in [-0.25, -0.2) is 13.4 Å². The molecule has 0 aliphatic carbocycles. The molecule has 1 aromatic heterocycles. The lowest BCUT2D eigenvalue weighted by Gasteiger charge is -2.33. The van der Waals surface area contributed by atoms with E-state index in [-0.39, 0.29) is 16.7 Å². The Hall–Kier alpha value is -0.730. The van der Waals surface area contributed by atoms with E-state index in [1.165, 1.54) is 22.6 Å². The Kier molecular flexibility index (Phi) is 4.75. The molecule has 1 aromatic rings. The third-order valence-corrected chi connectivity index (χ3v) is 5.19. The third kappa shape index (κ3) is 3.43. The van der Waals surface area contributed by atoms with Crippen molar-refractivity contribution in [2.75, 3.05) is 39.3 Å². The van der Waals surface area contributed by atoms with Crippen molar-refractivity contribution in [1.29, 1.82) is 0 Å². The average Bonchev–Trinajstić information content (AvgIpc) is 2.40. The van der Waals surface area contributed by atoms with E-state index in [9.17, 15) is 8.42 Å². The van der Waals surface area contributed by atoms with Crippen LogP contribution in [-0.2, 0) is 10.0 Å². The summed E-state index contributed by atoms with van der Waals surface area (Å²) in [5, 5.41) is 9.12. The van der Waals surface area contributed by atoms with Gasteiger partial charge in [-0.2, -0.15) is 4.31 Å².